The number of aryl methyl sites for hydroxylation is 1. The van der Waals surface area contributed by atoms with Gasteiger partial charge in [-0.25, -0.2) is 0 Å². The number of likely N-dealkylation sites (N-methyl/N-ethyl adjacent to an activating group) is 1. The van der Waals surface area contributed by atoms with E-state index in [2.05, 4.69) is 57.7 Å². The first-order chi connectivity index (χ1) is 14.1. The highest BCUT2D eigenvalue weighted by Crippen LogP contribution is 2.39. The molecule has 1 N–H and O–H groups in total. The molecule has 0 unspecified atom stereocenters. The lowest BCUT2D eigenvalue weighted by Crippen LogP contribution is -2.37. The zero-order chi connectivity index (χ0) is 20.4. The van der Waals surface area contributed by atoms with Crippen LogP contribution < -0.4 is 5.32 Å². The molecule has 0 aromatic carbocycles. The lowest BCUT2D eigenvalue weighted by molar-refractivity contribution is 0.0369. The van der Waals surface area contributed by atoms with Crippen molar-refractivity contribution in [2.45, 2.75) is 38.9 Å². The summed E-state index contributed by atoms with van der Waals surface area (Å²) >= 11 is 5.59. The Bertz CT molecular complexity index is 846. The predicted molar refractivity (Wildman–Crippen MR) is 119 cm³/mol. The molecule has 2 saturated heterocycles. The van der Waals surface area contributed by atoms with Gasteiger partial charge < -0.3 is 19.5 Å². The molecule has 0 aliphatic carbocycles. The fraction of sp³-hybridized carbons (Fsp3) is 0.545. The first kappa shape index (κ1) is 20.3. The number of nitrogens with zero attached hydrogens (tertiary/aromatic N) is 4. The number of rotatable bonds is 6. The molecular weight excluding hydrogens is 382 g/mol. The van der Waals surface area contributed by atoms with E-state index in [1.165, 1.54) is 17.0 Å². The van der Waals surface area contributed by atoms with E-state index in [0.717, 1.165) is 56.6 Å². The minimum Gasteiger partial charge on any atom is -0.379 e. The molecule has 6 nitrogen and oxygen atoms in total. The standard InChI is InChI=1S/C22H31N5OS/c1-16-15-18(17(2)27(16)10-6-9-26-11-13-28-14-12-26)21-20(24-22(29)25(21)3)19-7-4-5-8-23-19/h4-5,7-8,15,20-21H,6,9-14H2,1-3H3,(H,24,29)/t20-,21+/m0/s1. The number of aromatic nitrogens is 2. The van der Waals surface area contributed by atoms with E-state index >= 15 is 0 Å². The minimum absolute atomic E-state index is 0.0657. The fourth-order valence-corrected chi connectivity index (χ4v) is 4.84. The normalized spacial score (nSPS) is 22.9. The van der Waals surface area contributed by atoms with Crippen molar-refractivity contribution in [3.05, 3.63) is 53.1 Å². The van der Waals surface area contributed by atoms with Crippen LogP contribution in [-0.4, -0.2) is 64.4 Å². The third-order valence-corrected chi connectivity index (χ3v) is 6.64. The summed E-state index contributed by atoms with van der Waals surface area (Å²) in [6.45, 7) is 10.4. The van der Waals surface area contributed by atoms with Gasteiger partial charge in [0.25, 0.3) is 0 Å². The molecule has 2 fully saturated rings. The van der Waals surface area contributed by atoms with Crippen LogP contribution in [0.4, 0.5) is 0 Å². The minimum atomic E-state index is 0.0657. The van der Waals surface area contributed by atoms with Gasteiger partial charge >= 0.3 is 0 Å². The Morgan fingerprint density at radius 1 is 1.21 bits per heavy atom. The summed E-state index contributed by atoms with van der Waals surface area (Å²) in [7, 11) is 2.08. The van der Waals surface area contributed by atoms with Crippen LogP contribution >= 0.6 is 12.2 Å². The van der Waals surface area contributed by atoms with Gasteiger partial charge in [0.05, 0.1) is 31.0 Å². The van der Waals surface area contributed by atoms with E-state index in [0.29, 0.717) is 0 Å². The maximum atomic E-state index is 5.59. The SMILES string of the molecule is Cc1cc([C@@H]2[C@H](c3ccccn3)NC(=S)N2C)c(C)n1CCCN1CCOCC1. The van der Waals surface area contributed by atoms with Gasteiger partial charge in [0.15, 0.2) is 5.11 Å². The molecule has 0 bridgehead atoms. The van der Waals surface area contributed by atoms with E-state index in [-0.39, 0.29) is 12.1 Å². The van der Waals surface area contributed by atoms with Crippen molar-refractivity contribution in [3.8, 4) is 0 Å². The largest absolute Gasteiger partial charge is 0.379 e. The van der Waals surface area contributed by atoms with E-state index in [9.17, 15) is 0 Å². The highest BCUT2D eigenvalue weighted by atomic mass is 32.1. The summed E-state index contributed by atoms with van der Waals surface area (Å²) in [6.07, 6.45) is 3.00. The number of morpholine rings is 1. The van der Waals surface area contributed by atoms with Crippen molar-refractivity contribution in [3.63, 3.8) is 0 Å². The average molecular weight is 414 g/mol. The summed E-state index contributed by atoms with van der Waals surface area (Å²) in [5.74, 6) is 0. The molecule has 7 heteroatoms. The van der Waals surface area contributed by atoms with Gasteiger partial charge in [-0.3, -0.25) is 9.88 Å². The number of thiocarbonyl (C=S) groups is 1. The van der Waals surface area contributed by atoms with Crippen molar-refractivity contribution in [1.82, 2.24) is 24.7 Å². The van der Waals surface area contributed by atoms with Crippen molar-refractivity contribution in [2.75, 3.05) is 39.9 Å². The second kappa shape index (κ2) is 8.81. The van der Waals surface area contributed by atoms with Crippen molar-refractivity contribution >= 4 is 17.3 Å². The van der Waals surface area contributed by atoms with Gasteiger partial charge in [-0.1, -0.05) is 6.07 Å². The molecule has 29 heavy (non-hydrogen) atoms. The van der Waals surface area contributed by atoms with E-state index in [1.54, 1.807) is 0 Å². The van der Waals surface area contributed by atoms with Crippen LogP contribution in [0.5, 0.6) is 0 Å². The third kappa shape index (κ3) is 4.17. The highest BCUT2D eigenvalue weighted by Gasteiger charge is 2.39. The number of nitrogens with one attached hydrogen (secondary N) is 1. The molecule has 2 aliphatic rings. The maximum absolute atomic E-state index is 5.59. The quantitative estimate of drug-likeness (QED) is 0.735. The Morgan fingerprint density at radius 2 is 2.00 bits per heavy atom. The molecule has 2 atom stereocenters. The summed E-state index contributed by atoms with van der Waals surface area (Å²) in [4.78, 5) is 9.27. The fourth-order valence-electron chi connectivity index (χ4n) is 4.60. The molecule has 0 radical (unpaired) electrons. The summed E-state index contributed by atoms with van der Waals surface area (Å²) < 4.78 is 7.91. The molecule has 2 aliphatic heterocycles. The highest BCUT2D eigenvalue weighted by molar-refractivity contribution is 7.80. The second-order valence-electron chi connectivity index (χ2n) is 8.02. The average Bonchev–Trinajstić information content (AvgIpc) is 3.19. The van der Waals surface area contributed by atoms with Crippen LogP contribution in [0.1, 0.15) is 41.1 Å². The molecule has 2 aromatic rings. The molecule has 4 rings (SSSR count). The maximum Gasteiger partial charge on any atom is 0.169 e. The summed E-state index contributed by atoms with van der Waals surface area (Å²) in [5.41, 5.74) is 5.00. The van der Waals surface area contributed by atoms with Crippen molar-refractivity contribution < 1.29 is 4.74 Å². The van der Waals surface area contributed by atoms with Crippen LogP contribution in [0.2, 0.25) is 0 Å². The Labute approximate surface area is 178 Å². The number of hydrogen-bond donors (Lipinski definition) is 1. The van der Waals surface area contributed by atoms with E-state index < -0.39 is 0 Å². The number of ether oxygens (including phenoxy) is 1. The zero-order valence-electron chi connectivity index (χ0n) is 17.6. The van der Waals surface area contributed by atoms with E-state index in [1.807, 2.05) is 18.3 Å². The first-order valence-corrected chi connectivity index (χ1v) is 10.9. The van der Waals surface area contributed by atoms with Crippen LogP contribution in [0.25, 0.3) is 0 Å². The van der Waals surface area contributed by atoms with Gasteiger partial charge in [0.1, 0.15) is 0 Å². The third-order valence-electron chi connectivity index (χ3n) is 6.23. The van der Waals surface area contributed by atoms with Gasteiger partial charge in [-0.15, -0.1) is 0 Å². The Balaban J connectivity index is 1.53. The summed E-state index contributed by atoms with van der Waals surface area (Å²) in [5, 5.41) is 4.26. The lowest BCUT2D eigenvalue weighted by Gasteiger charge is -2.27. The number of pyridine rings is 1. The van der Waals surface area contributed by atoms with Gasteiger partial charge in [-0.05, 0) is 56.2 Å². The molecule has 4 heterocycles. The van der Waals surface area contributed by atoms with Crippen molar-refractivity contribution in [1.29, 1.82) is 0 Å². The van der Waals surface area contributed by atoms with Crippen LogP contribution in [0.3, 0.4) is 0 Å². The van der Waals surface area contributed by atoms with Gasteiger partial charge in [0, 0.05) is 50.8 Å². The Hall–Kier alpha value is -1.96. The zero-order valence-corrected chi connectivity index (χ0v) is 18.4. The second-order valence-corrected chi connectivity index (χ2v) is 8.41. The molecular formula is C22H31N5OS. The number of hydrogen-bond acceptors (Lipinski definition) is 4. The summed E-state index contributed by atoms with van der Waals surface area (Å²) in [6, 6.07) is 8.62. The predicted octanol–water partition coefficient (Wildman–Crippen LogP) is 2.82. The smallest absolute Gasteiger partial charge is 0.169 e. The van der Waals surface area contributed by atoms with Crippen molar-refractivity contribution in [2.24, 2.45) is 0 Å². The molecule has 0 saturated carbocycles. The van der Waals surface area contributed by atoms with Crippen LogP contribution in [-0.2, 0) is 11.3 Å². The molecule has 2 aromatic heterocycles. The molecule has 0 spiro atoms. The van der Waals surface area contributed by atoms with Gasteiger partial charge in [0.2, 0.25) is 0 Å². The Morgan fingerprint density at radius 3 is 2.72 bits per heavy atom. The van der Waals surface area contributed by atoms with Crippen LogP contribution in [0, 0.1) is 13.8 Å². The monoisotopic (exact) mass is 413 g/mol. The van der Waals surface area contributed by atoms with Crippen LogP contribution in [0.15, 0.2) is 30.5 Å². The Kier molecular flexibility index (Phi) is 6.18. The van der Waals surface area contributed by atoms with Gasteiger partial charge in [-0.2, -0.15) is 0 Å². The van der Waals surface area contributed by atoms with E-state index in [4.69, 9.17) is 17.0 Å². The lowest BCUT2D eigenvalue weighted by atomic mass is 9.97. The molecule has 0 amide bonds. The first-order valence-electron chi connectivity index (χ1n) is 10.5. The molecule has 156 valence electrons. The topological polar surface area (TPSA) is 45.6 Å².